The fraction of sp³-hybridized carbons (Fsp3) is 0. The molecule has 0 unspecified atom stereocenters. The number of phenols is 2. The molecule has 120 valence electrons. The highest BCUT2D eigenvalue weighted by Gasteiger charge is 2.39. The van der Waals surface area contributed by atoms with E-state index in [0.717, 1.165) is 18.2 Å². The summed E-state index contributed by atoms with van der Waals surface area (Å²) in [6.07, 6.45) is 0. The van der Waals surface area contributed by atoms with Crippen molar-refractivity contribution in [3.63, 3.8) is 0 Å². The van der Waals surface area contributed by atoms with Crippen LogP contribution in [-0.4, -0.2) is 31.6 Å². The average Bonchev–Trinajstić information content (AvgIpc) is 2.51. The third-order valence-corrected chi connectivity index (χ3v) is 3.61. The summed E-state index contributed by atoms with van der Waals surface area (Å²) in [5.74, 6) is -3.46. The number of carbonyl (C=O) groups is 2. The van der Waals surface area contributed by atoms with Crippen LogP contribution in [0.25, 0.3) is 0 Å². The Bertz CT molecular complexity index is 979. The van der Waals surface area contributed by atoms with Crippen molar-refractivity contribution in [2.24, 2.45) is 0 Å². The number of nitro groups is 2. The van der Waals surface area contributed by atoms with Gasteiger partial charge in [0.25, 0.3) is 5.69 Å². The summed E-state index contributed by atoms with van der Waals surface area (Å²) in [5.41, 5.74) is -3.58. The number of fused-ring (bicyclic) bond motifs is 2. The maximum Gasteiger partial charge on any atom is 0.311 e. The minimum absolute atomic E-state index is 0.383. The van der Waals surface area contributed by atoms with E-state index in [1.165, 1.54) is 0 Å². The number of nitro benzene ring substituents is 2. The molecule has 10 nitrogen and oxygen atoms in total. The van der Waals surface area contributed by atoms with Gasteiger partial charge in [0.15, 0.2) is 11.5 Å². The third-order valence-electron chi connectivity index (χ3n) is 3.61. The highest BCUT2D eigenvalue weighted by Crippen LogP contribution is 2.40. The van der Waals surface area contributed by atoms with Crippen LogP contribution in [0.3, 0.4) is 0 Å². The number of hydrogen-bond acceptors (Lipinski definition) is 8. The minimum atomic E-state index is -1.02. The van der Waals surface area contributed by atoms with Crippen LogP contribution >= 0.6 is 0 Å². The van der Waals surface area contributed by atoms with E-state index < -0.39 is 61.0 Å². The van der Waals surface area contributed by atoms with Crippen molar-refractivity contribution in [3.8, 4) is 11.5 Å². The van der Waals surface area contributed by atoms with Gasteiger partial charge in [0.05, 0.1) is 15.4 Å². The molecule has 0 bridgehead atoms. The predicted octanol–water partition coefficient (Wildman–Crippen LogP) is 1.69. The molecule has 0 aliphatic heterocycles. The lowest BCUT2D eigenvalue weighted by atomic mass is 9.82. The van der Waals surface area contributed by atoms with Crippen molar-refractivity contribution >= 4 is 22.9 Å². The minimum Gasteiger partial charge on any atom is -0.507 e. The monoisotopic (exact) mass is 330 g/mol. The summed E-state index contributed by atoms with van der Waals surface area (Å²) >= 11 is 0. The van der Waals surface area contributed by atoms with E-state index in [1.807, 2.05) is 0 Å². The summed E-state index contributed by atoms with van der Waals surface area (Å²) < 4.78 is 0. The summed E-state index contributed by atoms with van der Waals surface area (Å²) in [6, 6.07) is 3.17. The van der Waals surface area contributed by atoms with E-state index in [1.54, 1.807) is 0 Å². The fourth-order valence-electron chi connectivity index (χ4n) is 2.56. The first-order valence-corrected chi connectivity index (χ1v) is 6.35. The number of phenolic OH excluding ortho intramolecular Hbond substituents is 2. The van der Waals surface area contributed by atoms with Gasteiger partial charge in [0.1, 0.15) is 11.3 Å². The number of nitrogens with zero attached hydrogens (tertiary/aromatic N) is 2. The molecule has 0 radical (unpaired) electrons. The normalized spacial score (nSPS) is 12.5. The van der Waals surface area contributed by atoms with Gasteiger partial charge in [0.2, 0.25) is 5.78 Å². The van der Waals surface area contributed by atoms with Gasteiger partial charge in [-0.3, -0.25) is 29.8 Å². The molecule has 0 fully saturated rings. The third kappa shape index (κ3) is 1.90. The molecule has 2 aromatic rings. The second-order valence-corrected chi connectivity index (χ2v) is 4.91. The number of ketones is 2. The zero-order chi connectivity index (χ0) is 17.8. The molecule has 3 rings (SSSR count). The zero-order valence-corrected chi connectivity index (χ0v) is 11.5. The van der Waals surface area contributed by atoms with E-state index in [0.29, 0.717) is 6.07 Å². The lowest BCUT2D eigenvalue weighted by Crippen LogP contribution is -2.22. The van der Waals surface area contributed by atoms with Crippen LogP contribution in [0.2, 0.25) is 0 Å². The Morgan fingerprint density at radius 1 is 0.750 bits per heavy atom. The predicted molar refractivity (Wildman–Crippen MR) is 76.4 cm³/mol. The van der Waals surface area contributed by atoms with Crippen LogP contribution in [0.4, 0.5) is 11.4 Å². The quantitative estimate of drug-likeness (QED) is 0.530. The van der Waals surface area contributed by atoms with Crippen LogP contribution in [0.1, 0.15) is 31.8 Å². The Morgan fingerprint density at radius 2 is 1.29 bits per heavy atom. The van der Waals surface area contributed by atoms with E-state index in [-0.39, 0.29) is 5.56 Å². The van der Waals surface area contributed by atoms with Gasteiger partial charge in [-0.2, -0.15) is 0 Å². The van der Waals surface area contributed by atoms with Crippen molar-refractivity contribution in [2.45, 2.75) is 0 Å². The Balaban J connectivity index is 2.39. The van der Waals surface area contributed by atoms with Crippen molar-refractivity contribution in [1.29, 1.82) is 0 Å². The van der Waals surface area contributed by atoms with Gasteiger partial charge in [-0.1, -0.05) is 0 Å². The molecule has 0 spiro atoms. The Hall–Kier alpha value is -3.82. The molecule has 1 aliphatic carbocycles. The molecule has 0 saturated carbocycles. The molecule has 1 aliphatic rings. The Labute approximate surface area is 131 Å². The van der Waals surface area contributed by atoms with E-state index in [9.17, 15) is 40.0 Å². The summed E-state index contributed by atoms with van der Waals surface area (Å²) in [5, 5.41) is 41.4. The average molecular weight is 330 g/mol. The highest BCUT2D eigenvalue weighted by molar-refractivity contribution is 6.31. The van der Waals surface area contributed by atoms with E-state index >= 15 is 0 Å². The number of rotatable bonds is 2. The lowest BCUT2D eigenvalue weighted by Gasteiger charge is -2.18. The first-order chi connectivity index (χ1) is 11.2. The van der Waals surface area contributed by atoms with Crippen molar-refractivity contribution in [2.75, 3.05) is 0 Å². The van der Waals surface area contributed by atoms with E-state index in [4.69, 9.17) is 0 Å². The molecule has 0 atom stereocenters. The molecule has 0 amide bonds. The van der Waals surface area contributed by atoms with Crippen LogP contribution in [0, 0.1) is 20.2 Å². The van der Waals surface area contributed by atoms with Crippen molar-refractivity contribution in [1.82, 2.24) is 0 Å². The number of hydrogen-bond donors (Lipinski definition) is 2. The van der Waals surface area contributed by atoms with Gasteiger partial charge in [-0.25, -0.2) is 0 Å². The molecule has 0 aromatic heterocycles. The maximum absolute atomic E-state index is 12.5. The molecule has 0 heterocycles. The number of carbonyl (C=O) groups excluding carboxylic acids is 2. The standard InChI is InChI=1S/C14H6N2O8/c17-9-2-1-7(15(21)22)11-12(9)14(20)6-4-10(18)8(16(23)24)3-5(6)13(11)19/h1-4,17-18H. The SMILES string of the molecule is O=C1c2cc(O)c([N+](=O)[O-])cc2C(=O)c2c([N+](=O)[O-])ccc(O)c21. The van der Waals surface area contributed by atoms with Gasteiger partial charge in [-0.05, 0) is 12.1 Å². The van der Waals surface area contributed by atoms with Gasteiger partial charge in [0, 0.05) is 23.3 Å². The molecular formula is C14H6N2O8. The molecule has 0 saturated heterocycles. The van der Waals surface area contributed by atoms with Gasteiger partial charge >= 0.3 is 5.69 Å². The molecule has 2 aromatic carbocycles. The maximum atomic E-state index is 12.5. The van der Waals surface area contributed by atoms with Crippen LogP contribution in [0.15, 0.2) is 24.3 Å². The Morgan fingerprint density at radius 3 is 1.88 bits per heavy atom. The first kappa shape index (κ1) is 15.1. The Kier molecular flexibility index (Phi) is 3.04. The van der Waals surface area contributed by atoms with Crippen molar-refractivity contribution < 1.29 is 29.6 Å². The summed E-state index contributed by atoms with van der Waals surface area (Å²) in [7, 11) is 0. The van der Waals surface area contributed by atoms with Gasteiger partial charge < -0.3 is 10.2 Å². The van der Waals surface area contributed by atoms with Crippen LogP contribution in [0.5, 0.6) is 11.5 Å². The topological polar surface area (TPSA) is 161 Å². The second kappa shape index (κ2) is 4.84. The van der Waals surface area contributed by atoms with Gasteiger partial charge in [-0.15, -0.1) is 0 Å². The molecule has 24 heavy (non-hydrogen) atoms. The largest absolute Gasteiger partial charge is 0.507 e. The first-order valence-electron chi connectivity index (χ1n) is 6.35. The van der Waals surface area contributed by atoms with Crippen LogP contribution in [-0.2, 0) is 0 Å². The summed E-state index contributed by atoms with van der Waals surface area (Å²) in [4.78, 5) is 45.1. The molecular weight excluding hydrogens is 324 g/mol. The molecule has 2 N–H and O–H groups in total. The highest BCUT2D eigenvalue weighted by atomic mass is 16.6. The smallest absolute Gasteiger partial charge is 0.311 e. The summed E-state index contributed by atoms with van der Waals surface area (Å²) in [6.45, 7) is 0. The zero-order valence-electron chi connectivity index (χ0n) is 11.5. The number of benzene rings is 2. The fourth-order valence-corrected chi connectivity index (χ4v) is 2.56. The lowest BCUT2D eigenvalue weighted by molar-refractivity contribution is -0.386. The van der Waals surface area contributed by atoms with Crippen molar-refractivity contribution in [3.05, 3.63) is 66.7 Å². The van der Waals surface area contributed by atoms with E-state index in [2.05, 4.69) is 0 Å². The number of aromatic hydroxyl groups is 2. The molecule has 10 heteroatoms. The second-order valence-electron chi connectivity index (χ2n) is 4.91. The van der Waals surface area contributed by atoms with Crippen LogP contribution < -0.4 is 0 Å².